The second kappa shape index (κ2) is 5.88. The summed E-state index contributed by atoms with van der Waals surface area (Å²) in [5, 5.41) is 21.9. The average molecular weight is 244 g/mol. The maximum atomic E-state index is 9.52. The van der Waals surface area contributed by atoms with E-state index in [1.807, 2.05) is 12.1 Å². The molecule has 3 heteroatoms. The lowest BCUT2D eigenvalue weighted by atomic mass is 9.87. The zero-order valence-corrected chi connectivity index (χ0v) is 10.8. The monoisotopic (exact) mass is 244 g/mol. The molecule has 0 saturated heterocycles. The van der Waals surface area contributed by atoms with Gasteiger partial charge in [0.2, 0.25) is 0 Å². The standard InChI is InChI=1S/C15H20N2O/c1-2-12(8-9-16)17-15-5-3-4-11-10-13(18)6-7-14(11)15/h6-7,10,12,15,17-18H,2-5,8H2,1H3. The van der Waals surface area contributed by atoms with E-state index in [0.717, 1.165) is 25.7 Å². The van der Waals surface area contributed by atoms with Gasteiger partial charge in [0.15, 0.2) is 0 Å². The van der Waals surface area contributed by atoms with E-state index in [-0.39, 0.29) is 6.04 Å². The molecule has 3 nitrogen and oxygen atoms in total. The first-order valence-corrected chi connectivity index (χ1v) is 6.69. The van der Waals surface area contributed by atoms with E-state index in [1.165, 1.54) is 11.1 Å². The molecule has 96 valence electrons. The summed E-state index contributed by atoms with van der Waals surface area (Å²) in [6.45, 7) is 2.11. The van der Waals surface area contributed by atoms with Crippen LogP contribution in [0.3, 0.4) is 0 Å². The molecule has 2 atom stereocenters. The smallest absolute Gasteiger partial charge is 0.115 e. The highest BCUT2D eigenvalue weighted by Crippen LogP contribution is 2.32. The largest absolute Gasteiger partial charge is 0.508 e. The lowest BCUT2D eigenvalue weighted by Gasteiger charge is -2.29. The lowest BCUT2D eigenvalue weighted by Crippen LogP contribution is -2.34. The van der Waals surface area contributed by atoms with Crippen molar-refractivity contribution in [3.05, 3.63) is 29.3 Å². The third-order valence-corrected chi connectivity index (χ3v) is 3.71. The molecule has 18 heavy (non-hydrogen) atoms. The molecule has 1 aromatic carbocycles. The van der Waals surface area contributed by atoms with Gasteiger partial charge in [-0.1, -0.05) is 13.0 Å². The molecule has 2 rings (SSSR count). The highest BCUT2D eigenvalue weighted by Gasteiger charge is 2.22. The van der Waals surface area contributed by atoms with Gasteiger partial charge in [-0.3, -0.25) is 0 Å². The zero-order chi connectivity index (χ0) is 13.0. The normalized spacial score (nSPS) is 19.9. The maximum Gasteiger partial charge on any atom is 0.115 e. The summed E-state index contributed by atoms with van der Waals surface area (Å²) in [5.74, 6) is 0.346. The van der Waals surface area contributed by atoms with E-state index in [4.69, 9.17) is 5.26 Å². The van der Waals surface area contributed by atoms with Crippen LogP contribution >= 0.6 is 0 Å². The Morgan fingerprint density at radius 1 is 1.56 bits per heavy atom. The van der Waals surface area contributed by atoms with E-state index in [1.54, 1.807) is 6.07 Å². The summed E-state index contributed by atoms with van der Waals surface area (Å²) < 4.78 is 0. The predicted molar refractivity (Wildman–Crippen MR) is 71.2 cm³/mol. The summed E-state index contributed by atoms with van der Waals surface area (Å²) in [5.41, 5.74) is 2.53. The van der Waals surface area contributed by atoms with E-state index in [0.29, 0.717) is 18.2 Å². The number of aryl methyl sites for hydroxylation is 1. The molecule has 1 aromatic rings. The van der Waals surface area contributed by atoms with Crippen LogP contribution in [0, 0.1) is 11.3 Å². The van der Waals surface area contributed by atoms with Crippen LogP contribution in [0.1, 0.15) is 49.8 Å². The first kappa shape index (κ1) is 12.9. The Hall–Kier alpha value is -1.53. The SMILES string of the molecule is CCC(CC#N)NC1CCCc2cc(O)ccc21. The quantitative estimate of drug-likeness (QED) is 0.856. The zero-order valence-electron chi connectivity index (χ0n) is 10.8. The fourth-order valence-electron chi connectivity index (χ4n) is 2.69. The number of rotatable bonds is 4. The number of fused-ring (bicyclic) bond motifs is 1. The van der Waals surface area contributed by atoms with E-state index >= 15 is 0 Å². The second-order valence-electron chi connectivity index (χ2n) is 4.96. The lowest BCUT2D eigenvalue weighted by molar-refractivity contribution is 0.388. The number of hydrogen-bond acceptors (Lipinski definition) is 3. The molecule has 0 spiro atoms. The molecule has 0 amide bonds. The predicted octanol–water partition coefficient (Wildman–Crippen LogP) is 3.05. The van der Waals surface area contributed by atoms with E-state index < -0.39 is 0 Å². The van der Waals surface area contributed by atoms with E-state index in [9.17, 15) is 5.11 Å². The summed E-state index contributed by atoms with van der Waals surface area (Å²) >= 11 is 0. The number of nitrogens with one attached hydrogen (secondary N) is 1. The van der Waals surface area contributed by atoms with Crippen molar-refractivity contribution < 1.29 is 5.11 Å². The number of phenols is 1. The van der Waals surface area contributed by atoms with Gasteiger partial charge in [-0.15, -0.1) is 0 Å². The number of nitriles is 1. The Bertz CT molecular complexity index is 450. The van der Waals surface area contributed by atoms with Crippen LogP contribution in [0.25, 0.3) is 0 Å². The van der Waals surface area contributed by atoms with Crippen LogP contribution in [0.2, 0.25) is 0 Å². The van der Waals surface area contributed by atoms with Gasteiger partial charge in [0.25, 0.3) is 0 Å². The Kier molecular flexibility index (Phi) is 4.22. The molecule has 0 aromatic heterocycles. The molecule has 0 heterocycles. The number of aromatic hydroxyl groups is 1. The first-order chi connectivity index (χ1) is 8.74. The van der Waals surface area contributed by atoms with Crippen LogP contribution < -0.4 is 5.32 Å². The topological polar surface area (TPSA) is 56.0 Å². The first-order valence-electron chi connectivity index (χ1n) is 6.69. The van der Waals surface area contributed by atoms with Gasteiger partial charge in [-0.05, 0) is 48.9 Å². The molecule has 0 aliphatic heterocycles. The Morgan fingerprint density at radius 2 is 2.39 bits per heavy atom. The molecule has 2 unspecified atom stereocenters. The summed E-state index contributed by atoms with van der Waals surface area (Å²) in [7, 11) is 0. The Morgan fingerprint density at radius 3 is 3.11 bits per heavy atom. The number of benzene rings is 1. The van der Waals surface area contributed by atoms with Gasteiger partial charge < -0.3 is 10.4 Å². The van der Waals surface area contributed by atoms with Crippen molar-refractivity contribution in [2.45, 2.75) is 51.1 Å². The molecular weight excluding hydrogens is 224 g/mol. The van der Waals surface area contributed by atoms with Crippen molar-refractivity contribution in [1.29, 1.82) is 5.26 Å². The molecular formula is C15H20N2O. The van der Waals surface area contributed by atoms with Crippen LogP contribution in [0.4, 0.5) is 0 Å². The minimum Gasteiger partial charge on any atom is -0.508 e. The molecule has 0 fully saturated rings. The maximum absolute atomic E-state index is 9.52. The van der Waals surface area contributed by atoms with Crippen molar-refractivity contribution in [2.75, 3.05) is 0 Å². The highest BCUT2D eigenvalue weighted by molar-refractivity contribution is 5.38. The van der Waals surface area contributed by atoms with Crippen LogP contribution in [-0.4, -0.2) is 11.1 Å². The van der Waals surface area contributed by atoms with Crippen molar-refractivity contribution in [3.63, 3.8) is 0 Å². The average Bonchev–Trinajstić information content (AvgIpc) is 2.38. The fraction of sp³-hybridized carbons (Fsp3) is 0.533. The van der Waals surface area contributed by atoms with E-state index in [2.05, 4.69) is 18.3 Å². The Balaban J connectivity index is 2.15. The van der Waals surface area contributed by atoms with Crippen LogP contribution in [-0.2, 0) is 6.42 Å². The van der Waals surface area contributed by atoms with Crippen molar-refractivity contribution in [2.24, 2.45) is 0 Å². The molecule has 1 aliphatic rings. The van der Waals surface area contributed by atoms with Gasteiger partial charge in [0.05, 0.1) is 12.5 Å². The second-order valence-corrected chi connectivity index (χ2v) is 4.96. The Labute approximate surface area is 108 Å². The summed E-state index contributed by atoms with van der Waals surface area (Å²) in [4.78, 5) is 0. The van der Waals surface area contributed by atoms with Gasteiger partial charge >= 0.3 is 0 Å². The molecule has 2 N–H and O–H groups in total. The summed E-state index contributed by atoms with van der Waals surface area (Å²) in [6.07, 6.45) is 4.81. The molecule has 0 saturated carbocycles. The number of nitrogens with zero attached hydrogens (tertiary/aromatic N) is 1. The summed E-state index contributed by atoms with van der Waals surface area (Å²) in [6, 6.07) is 8.47. The van der Waals surface area contributed by atoms with Crippen molar-refractivity contribution >= 4 is 0 Å². The molecule has 0 radical (unpaired) electrons. The van der Waals surface area contributed by atoms with Gasteiger partial charge in [0, 0.05) is 12.1 Å². The number of hydrogen-bond donors (Lipinski definition) is 2. The van der Waals surface area contributed by atoms with Crippen molar-refractivity contribution in [1.82, 2.24) is 5.32 Å². The fourth-order valence-corrected chi connectivity index (χ4v) is 2.69. The van der Waals surface area contributed by atoms with Crippen LogP contribution in [0.5, 0.6) is 5.75 Å². The minimum atomic E-state index is 0.264. The van der Waals surface area contributed by atoms with Gasteiger partial charge in [0.1, 0.15) is 5.75 Å². The molecule has 0 bridgehead atoms. The number of phenolic OH excluding ortho intramolecular Hbond substituents is 1. The minimum absolute atomic E-state index is 0.264. The highest BCUT2D eigenvalue weighted by atomic mass is 16.3. The van der Waals surface area contributed by atoms with Gasteiger partial charge in [-0.25, -0.2) is 0 Å². The third-order valence-electron chi connectivity index (χ3n) is 3.71. The van der Waals surface area contributed by atoms with Crippen LogP contribution in [0.15, 0.2) is 18.2 Å². The van der Waals surface area contributed by atoms with Crippen molar-refractivity contribution in [3.8, 4) is 11.8 Å². The van der Waals surface area contributed by atoms with Gasteiger partial charge in [-0.2, -0.15) is 5.26 Å². The molecule has 1 aliphatic carbocycles. The third kappa shape index (κ3) is 2.83.